The standard InChI is InChI=1S/C16H18N2O2/c17-14-8-6-13(7-9-14)16(20)18-15-5-1-3-12(11-15)4-2-10-19/h1,3,5-9,11,19H,2,4,10,17H2,(H,18,20). The maximum Gasteiger partial charge on any atom is 0.255 e. The summed E-state index contributed by atoms with van der Waals surface area (Å²) in [6.45, 7) is 0.169. The number of hydrogen-bond donors (Lipinski definition) is 3. The van der Waals surface area contributed by atoms with E-state index in [9.17, 15) is 4.79 Å². The van der Waals surface area contributed by atoms with Crippen LogP contribution in [0.1, 0.15) is 22.3 Å². The molecular formula is C16H18N2O2. The molecule has 4 N–H and O–H groups in total. The molecule has 4 heteroatoms. The molecule has 0 heterocycles. The zero-order chi connectivity index (χ0) is 14.4. The Morgan fingerprint density at radius 3 is 2.60 bits per heavy atom. The summed E-state index contributed by atoms with van der Waals surface area (Å²) < 4.78 is 0. The highest BCUT2D eigenvalue weighted by Gasteiger charge is 2.06. The van der Waals surface area contributed by atoms with Crippen molar-refractivity contribution in [2.24, 2.45) is 0 Å². The number of anilines is 2. The van der Waals surface area contributed by atoms with Crippen molar-refractivity contribution in [1.29, 1.82) is 0 Å². The Balaban J connectivity index is 2.05. The zero-order valence-corrected chi connectivity index (χ0v) is 11.2. The minimum absolute atomic E-state index is 0.163. The van der Waals surface area contributed by atoms with Gasteiger partial charge in [0.2, 0.25) is 0 Å². The van der Waals surface area contributed by atoms with Gasteiger partial charge in [-0.05, 0) is 54.8 Å². The molecule has 0 bridgehead atoms. The monoisotopic (exact) mass is 270 g/mol. The van der Waals surface area contributed by atoms with Crippen LogP contribution < -0.4 is 11.1 Å². The van der Waals surface area contributed by atoms with E-state index >= 15 is 0 Å². The first-order valence-corrected chi connectivity index (χ1v) is 6.56. The Kier molecular flexibility index (Phi) is 4.74. The first kappa shape index (κ1) is 14.1. The van der Waals surface area contributed by atoms with Gasteiger partial charge in [0.15, 0.2) is 0 Å². The molecular weight excluding hydrogens is 252 g/mol. The van der Waals surface area contributed by atoms with Gasteiger partial charge in [-0.25, -0.2) is 0 Å². The van der Waals surface area contributed by atoms with E-state index in [0.29, 0.717) is 11.3 Å². The predicted molar refractivity (Wildman–Crippen MR) is 80.7 cm³/mol. The van der Waals surface area contributed by atoms with E-state index < -0.39 is 0 Å². The van der Waals surface area contributed by atoms with Gasteiger partial charge >= 0.3 is 0 Å². The van der Waals surface area contributed by atoms with Crippen molar-refractivity contribution in [1.82, 2.24) is 0 Å². The molecule has 0 radical (unpaired) electrons. The van der Waals surface area contributed by atoms with Gasteiger partial charge in [-0.2, -0.15) is 0 Å². The lowest BCUT2D eigenvalue weighted by molar-refractivity contribution is 0.102. The molecule has 0 aliphatic heterocycles. The van der Waals surface area contributed by atoms with E-state index in [2.05, 4.69) is 5.32 Å². The minimum Gasteiger partial charge on any atom is -0.399 e. The van der Waals surface area contributed by atoms with E-state index in [1.807, 2.05) is 24.3 Å². The number of nitrogen functional groups attached to an aromatic ring is 1. The van der Waals surface area contributed by atoms with Crippen LogP contribution in [0.5, 0.6) is 0 Å². The van der Waals surface area contributed by atoms with Crippen LogP contribution in [0.15, 0.2) is 48.5 Å². The first-order valence-electron chi connectivity index (χ1n) is 6.56. The van der Waals surface area contributed by atoms with Crippen LogP contribution in [0.4, 0.5) is 11.4 Å². The molecule has 0 atom stereocenters. The number of carbonyl (C=O) groups is 1. The Labute approximate surface area is 118 Å². The van der Waals surface area contributed by atoms with Crippen molar-refractivity contribution in [3.8, 4) is 0 Å². The van der Waals surface area contributed by atoms with Crippen molar-refractivity contribution >= 4 is 17.3 Å². The fourth-order valence-electron chi connectivity index (χ4n) is 1.93. The highest BCUT2D eigenvalue weighted by Crippen LogP contribution is 2.14. The third-order valence-corrected chi connectivity index (χ3v) is 2.98. The second kappa shape index (κ2) is 6.73. The fraction of sp³-hybridized carbons (Fsp3) is 0.188. The molecule has 0 fully saturated rings. The topological polar surface area (TPSA) is 75.4 Å². The van der Waals surface area contributed by atoms with Crippen LogP contribution in [0, 0.1) is 0 Å². The van der Waals surface area contributed by atoms with Crippen molar-refractivity contribution in [2.75, 3.05) is 17.7 Å². The summed E-state index contributed by atoms with van der Waals surface area (Å²) in [5.74, 6) is -0.163. The molecule has 2 rings (SSSR count). The number of rotatable bonds is 5. The Morgan fingerprint density at radius 2 is 1.90 bits per heavy atom. The molecule has 104 valence electrons. The predicted octanol–water partition coefficient (Wildman–Crippen LogP) is 2.45. The van der Waals surface area contributed by atoms with Crippen molar-refractivity contribution in [2.45, 2.75) is 12.8 Å². The number of benzene rings is 2. The largest absolute Gasteiger partial charge is 0.399 e. The smallest absolute Gasteiger partial charge is 0.255 e. The number of amides is 1. The summed E-state index contributed by atoms with van der Waals surface area (Å²) in [6.07, 6.45) is 1.51. The Hall–Kier alpha value is -2.33. The zero-order valence-electron chi connectivity index (χ0n) is 11.2. The number of aliphatic hydroxyl groups excluding tert-OH is 1. The van der Waals surface area contributed by atoms with Crippen LogP contribution in [-0.2, 0) is 6.42 Å². The fourth-order valence-corrected chi connectivity index (χ4v) is 1.93. The highest BCUT2D eigenvalue weighted by molar-refractivity contribution is 6.04. The van der Waals surface area contributed by atoms with Gasteiger partial charge in [-0.3, -0.25) is 4.79 Å². The second-order valence-corrected chi connectivity index (χ2v) is 4.60. The third-order valence-electron chi connectivity index (χ3n) is 2.98. The molecule has 0 saturated carbocycles. The molecule has 0 aromatic heterocycles. The van der Waals surface area contributed by atoms with Crippen LogP contribution in [0.25, 0.3) is 0 Å². The highest BCUT2D eigenvalue weighted by atomic mass is 16.2. The van der Waals surface area contributed by atoms with Crippen LogP contribution in [0.3, 0.4) is 0 Å². The lowest BCUT2D eigenvalue weighted by atomic mass is 10.1. The van der Waals surface area contributed by atoms with E-state index in [1.54, 1.807) is 24.3 Å². The van der Waals surface area contributed by atoms with Gasteiger partial charge in [0, 0.05) is 23.5 Å². The van der Waals surface area contributed by atoms with Gasteiger partial charge in [-0.1, -0.05) is 12.1 Å². The van der Waals surface area contributed by atoms with Gasteiger partial charge in [0.1, 0.15) is 0 Å². The maximum atomic E-state index is 12.1. The average molecular weight is 270 g/mol. The number of carbonyl (C=O) groups excluding carboxylic acids is 1. The summed E-state index contributed by atoms with van der Waals surface area (Å²) in [5, 5.41) is 11.7. The summed E-state index contributed by atoms with van der Waals surface area (Å²) in [6, 6.07) is 14.4. The SMILES string of the molecule is Nc1ccc(C(=O)Nc2cccc(CCCO)c2)cc1. The Bertz CT molecular complexity index is 579. The number of aryl methyl sites for hydroxylation is 1. The number of nitrogens with one attached hydrogen (secondary N) is 1. The molecule has 0 unspecified atom stereocenters. The molecule has 0 saturated heterocycles. The molecule has 0 aliphatic carbocycles. The molecule has 4 nitrogen and oxygen atoms in total. The molecule has 2 aromatic rings. The lowest BCUT2D eigenvalue weighted by Gasteiger charge is -2.07. The average Bonchev–Trinajstić information content (AvgIpc) is 2.46. The molecule has 1 amide bonds. The number of nitrogens with two attached hydrogens (primary N) is 1. The summed E-state index contributed by atoms with van der Waals surface area (Å²) in [5.41, 5.74) is 8.64. The summed E-state index contributed by atoms with van der Waals surface area (Å²) in [4.78, 5) is 12.1. The van der Waals surface area contributed by atoms with Crippen LogP contribution in [-0.4, -0.2) is 17.6 Å². The van der Waals surface area contributed by atoms with E-state index in [-0.39, 0.29) is 12.5 Å². The number of aliphatic hydroxyl groups is 1. The van der Waals surface area contributed by atoms with Gasteiger partial charge in [0.05, 0.1) is 0 Å². The van der Waals surface area contributed by atoms with E-state index in [0.717, 1.165) is 24.1 Å². The molecule has 0 spiro atoms. The molecule has 20 heavy (non-hydrogen) atoms. The molecule has 0 aliphatic rings. The van der Waals surface area contributed by atoms with E-state index in [4.69, 9.17) is 10.8 Å². The van der Waals surface area contributed by atoms with Crippen molar-refractivity contribution in [3.05, 3.63) is 59.7 Å². The quantitative estimate of drug-likeness (QED) is 0.730. The van der Waals surface area contributed by atoms with Crippen molar-refractivity contribution < 1.29 is 9.90 Å². The number of hydrogen-bond acceptors (Lipinski definition) is 3. The van der Waals surface area contributed by atoms with Crippen LogP contribution >= 0.6 is 0 Å². The molecule has 2 aromatic carbocycles. The minimum atomic E-state index is -0.163. The Morgan fingerprint density at radius 1 is 1.15 bits per heavy atom. The second-order valence-electron chi connectivity index (χ2n) is 4.60. The normalized spacial score (nSPS) is 10.2. The van der Waals surface area contributed by atoms with E-state index in [1.165, 1.54) is 0 Å². The van der Waals surface area contributed by atoms with Crippen LogP contribution in [0.2, 0.25) is 0 Å². The van der Waals surface area contributed by atoms with Crippen molar-refractivity contribution in [3.63, 3.8) is 0 Å². The maximum absolute atomic E-state index is 12.1. The van der Waals surface area contributed by atoms with Gasteiger partial charge in [0.25, 0.3) is 5.91 Å². The summed E-state index contributed by atoms with van der Waals surface area (Å²) >= 11 is 0. The van der Waals surface area contributed by atoms with Gasteiger partial charge < -0.3 is 16.2 Å². The summed E-state index contributed by atoms with van der Waals surface area (Å²) in [7, 11) is 0. The first-order chi connectivity index (χ1) is 9.69. The van der Waals surface area contributed by atoms with Gasteiger partial charge in [-0.15, -0.1) is 0 Å². The lowest BCUT2D eigenvalue weighted by Crippen LogP contribution is -2.12. The third kappa shape index (κ3) is 3.83.